The van der Waals surface area contributed by atoms with Gasteiger partial charge in [0.15, 0.2) is 0 Å². The molecule has 0 amide bonds. The minimum Gasteiger partial charge on any atom is -0.376 e. The highest BCUT2D eigenvalue weighted by Gasteiger charge is 2.39. The molecule has 116 valence electrons. The van der Waals surface area contributed by atoms with Crippen molar-refractivity contribution < 1.29 is 4.74 Å². The van der Waals surface area contributed by atoms with Crippen molar-refractivity contribution in [1.29, 1.82) is 0 Å². The first kappa shape index (κ1) is 15.0. The van der Waals surface area contributed by atoms with Crippen molar-refractivity contribution in [2.45, 2.75) is 63.8 Å². The summed E-state index contributed by atoms with van der Waals surface area (Å²) >= 11 is 0. The van der Waals surface area contributed by atoms with Gasteiger partial charge in [-0.25, -0.2) is 0 Å². The van der Waals surface area contributed by atoms with Gasteiger partial charge in [0.2, 0.25) is 0 Å². The van der Waals surface area contributed by atoms with Gasteiger partial charge in [-0.2, -0.15) is 0 Å². The summed E-state index contributed by atoms with van der Waals surface area (Å²) in [6, 6.07) is 9.78. The van der Waals surface area contributed by atoms with E-state index in [4.69, 9.17) is 10.5 Å². The van der Waals surface area contributed by atoms with E-state index in [1.807, 2.05) is 0 Å². The van der Waals surface area contributed by atoms with Crippen LogP contribution in [0.5, 0.6) is 0 Å². The largest absolute Gasteiger partial charge is 0.376 e. The van der Waals surface area contributed by atoms with E-state index < -0.39 is 0 Å². The molecule has 0 radical (unpaired) electrons. The van der Waals surface area contributed by atoms with E-state index in [0.717, 1.165) is 26.0 Å². The van der Waals surface area contributed by atoms with Crippen molar-refractivity contribution in [1.82, 2.24) is 4.90 Å². The van der Waals surface area contributed by atoms with Gasteiger partial charge in [0.1, 0.15) is 0 Å². The summed E-state index contributed by atoms with van der Waals surface area (Å²) in [5.41, 5.74) is 9.45. The van der Waals surface area contributed by atoms with Crippen LogP contribution in [0, 0.1) is 0 Å². The van der Waals surface area contributed by atoms with E-state index in [1.165, 1.54) is 11.1 Å². The van der Waals surface area contributed by atoms with Crippen LogP contribution in [0.3, 0.4) is 0 Å². The Kier molecular flexibility index (Phi) is 4.34. The molecule has 0 spiro atoms. The Morgan fingerprint density at radius 2 is 1.95 bits per heavy atom. The molecule has 3 rings (SSSR count). The molecule has 21 heavy (non-hydrogen) atoms. The molecule has 5 unspecified atom stereocenters. The van der Waals surface area contributed by atoms with Gasteiger partial charge in [-0.1, -0.05) is 38.1 Å². The summed E-state index contributed by atoms with van der Waals surface area (Å²) in [6.07, 6.45) is 2.60. The standard InChI is InChI=1S/C18H28N2O/c1-4-14-11-21-13(3)10-20(14)17-9-12(2)15-7-5-6-8-16(15)18(17)19/h5-8,12-14,17-18H,4,9-11,19H2,1-3H3. The molecule has 1 aliphatic carbocycles. The van der Waals surface area contributed by atoms with E-state index in [1.54, 1.807) is 0 Å². The van der Waals surface area contributed by atoms with E-state index >= 15 is 0 Å². The second kappa shape index (κ2) is 6.07. The smallest absolute Gasteiger partial charge is 0.0674 e. The maximum Gasteiger partial charge on any atom is 0.0674 e. The summed E-state index contributed by atoms with van der Waals surface area (Å²) < 4.78 is 5.85. The molecule has 1 aliphatic heterocycles. The molecule has 1 heterocycles. The lowest BCUT2D eigenvalue weighted by Gasteiger charge is -2.48. The number of nitrogens with zero attached hydrogens (tertiary/aromatic N) is 1. The van der Waals surface area contributed by atoms with E-state index in [2.05, 4.69) is 49.9 Å². The van der Waals surface area contributed by atoms with E-state index in [0.29, 0.717) is 24.1 Å². The maximum absolute atomic E-state index is 6.66. The Bertz CT molecular complexity index is 490. The molecule has 3 heteroatoms. The van der Waals surface area contributed by atoms with Crippen LogP contribution in [0.15, 0.2) is 24.3 Å². The van der Waals surface area contributed by atoms with Gasteiger partial charge >= 0.3 is 0 Å². The number of nitrogens with two attached hydrogens (primary N) is 1. The molecule has 1 aromatic carbocycles. The van der Waals surface area contributed by atoms with Crippen LogP contribution in [-0.2, 0) is 4.74 Å². The zero-order valence-corrected chi connectivity index (χ0v) is 13.5. The maximum atomic E-state index is 6.66. The fraction of sp³-hybridized carbons (Fsp3) is 0.667. The normalized spacial score (nSPS) is 37.2. The lowest BCUT2D eigenvalue weighted by molar-refractivity contribution is -0.0794. The van der Waals surface area contributed by atoms with Gasteiger partial charge in [0, 0.05) is 24.7 Å². The molecule has 5 atom stereocenters. The number of morpholine rings is 1. The van der Waals surface area contributed by atoms with Crippen molar-refractivity contribution in [2.75, 3.05) is 13.2 Å². The van der Waals surface area contributed by atoms with Gasteiger partial charge in [-0.3, -0.25) is 4.90 Å². The molecule has 1 saturated heterocycles. The average molecular weight is 288 g/mol. The lowest BCUT2D eigenvalue weighted by Crippen LogP contribution is -2.57. The fourth-order valence-corrected chi connectivity index (χ4v) is 4.08. The number of hydrogen-bond acceptors (Lipinski definition) is 3. The third kappa shape index (κ3) is 2.75. The molecule has 3 nitrogen and oxygen atoms in total. The van der Waals surface area contributed by atoms with Crippen LogP contribution in [0.4, 0.5) is 0 Å². The highest BCUT2D eigenvalue weighted by molar-refractivity contribution is 5.36. The Hall–Kier alpha value is -0.900. The fourth-order valence-electron chi connectivity index (χ4n) is 4.08. The monoisotopic (exact) mass is 288 g/mol. The highest BCUT2D eigenvalue weighted by atomic mass is 16.5. The van der Waals surface area contributed by atoms with Crippen molar-refractivity contribution in [3.63, 3.8) is 0 Å². The van der Waals surface area contributed by atoms with E-state index in [-0.39, 0.29) is 6.04 Å². The second-order valence-electron chi connectivity index (χ2n) is 6.76. The minimum absolute atomic E-state index is 0.122. The van der Waals surface area contributed by atoms with Crippen LogP contribution < -0.4 is 5.73 Å². The van der Waals surface area contributed by atoms with Gasteiger partial charge < -0.3 is 10.5 Å². The van der Waals surface area contributed by atoms with Gasteiger partial charge in [-0.15, -0.1) is 0 Å². The Balaban J connectivity index is 1.89. The van der Waals surface area contributed by atoms with Crippen LogP contribution in [0.2, 0.25) is 0 Å². The summed E-state index contributed by atoms with van der Waals surface area (Å²) in [5, 5.41) is 0. The van der Waals surface area contributed by atoms with Gasteiger partial charge in [-0.05, 0) is 36.8 Å². The number of ether oxygens (including phenoxy) is 1. The first-order valence-corrected chi connectivity index (χ1v) is 8.33. The number of fused-ring (bicyclic) bond motifs is 1. The topological polar surface area (TPSA) is 38.5 Å². The average Bonchev–Trinajstić information content (AvgIpc) is 2.51. The first-order chi connectivity index (χ1) is 10.1. The highest BCUT2D eigenvalue weighted by Crippen LogP contribution is 2.39. The summed E-state index contributed by atoms with van der Waals surface area (Å²) in [7, 11) is 0. The van der Waals surface area contributed by atoms with Gasteiger partial charge in [0.05, 0.1) is 12.7 Å². The Morgan fingerprint density at radius 3 is 2.67 bits per heavy atom. The van der Waals surface area contributed by atoms with Crippen molar-refractivity contribution in [3.8, 4) is 0 Å². The Morgan fingerprint density at radius 1 is 1.24 bits per heavy atom. The molecule has 1 fully saturated rings. The quantitative estimate of drug-likeness (QED) is 0.909. The molecule has 2 N–H and O–H groups in total. The van der Waals surface area contributed by atoms with Crippen LogP contribution in [0.25, 0.3) is 0 Å². The summed E-state index contributed by atoms with van der Waals surface area (Å²) in [5.74, 6) is 0.585. The molecular weight excluding hydrogens is 260 g/mol. The molecule has 0 bridgehead atoms. The van der Waals surface area contributed by atoms with Crippen molar-refractivity contribution in [2.24, 2.45) is 5.73 Å². The van der Waals surface area contributed by atoms with Crippen molar-refractivity contribution in [3.05, 3.63) is 35.4 Å². The Labute approximate surface area is 128 Å². The molecular formula is C18H28N2O. The summed E-state index contributed by atoms with van der Waals surface area (Å²) in [6.45, 7) is 8.61. The number of benzene rings is 1. The predicted molar refractivity (Wildman–Crippen MR) is 86.4 cm³/mol. The van der Waals surface area contributed by atoms with Crippen LogP contribution >= 0.6 is 0 Å². The van der Waals surface area contributed by atoms with Gasteiger partial charge in [0.25, 0.3) is 0 Å². The van der Waals surface area contributed by atoms with Crippen molar-refractivity contribution >= 4 is 0 Å². The summed E-state index contributed by atoms with van der Waals surface area (Å²) in [4.78, 5) is 2.63. The second-order valence-corrected chi connectivity index (χ2v) is 6.76. The van der Waals surface area contributed by atoms with Crippen LogP contribution in [-0.4, -0.2) is 36.2 Å². The molecule has 0 saturated carbocycles. The minimum atomic E-state index is 0.122. The SMILES string of the molecule is CCC1COC(C)CN1C1CC(C)c2ccccc2C1N. The molecule has 0 aromatic heterocycles. The zero-order valence-electron chi connectivity index (χ0n) is 13.5. The molecule has 1 aromatic rings. The lowest BCUT2D eigenvalue weighted by atomic mass is 9.77. The first-order valence-electron chi connectivity index (χ1n) is 8.33. The number of rotatable bonds is 2. The zero-order chi connectivity index (χ0) is 15.0. The third-order valence-electron chi connectivity index (χ3n) is 5.30. The predicted octanol–water partition coefficient (Wildman–Crippen LogP) is 3.06. The van der Waals surface area contributed by atoms with E-state index in [9.17, 15) is 0 Å². The third-order valence-corrected chi connectivity index (χ3v) is 5.30. The molecule has 2 aliphatic rings. The van der Waals surface area contributed by atoms with Crippen LogP contribution in [0.1, 0.15) is 56.7 Å². The number of hydrogen-bond donors (Lipinski definition) is 1.